The molecular weight excluding hydrogens is 999 g/mol. The van der Waals surface area contributed by atoms with Gasteiger partial charge >= 0.3 is 24.6 Å². The Morgan fingerprint density at radius 1 is 0.319 bits per heavy atom. The zero-order valence-electron chi connectivity index (χ0n) is 41.4. The second kappa shape index (κ2) is 24.2. The Bertz CT molecular complexity index is 2800. The third kappa shape index (κ3) is 10.7. The minimum Gasteiger partial charge on any atom is -0.493 e. The van der Waals surface area contributed by atoms with Crippen LogP contribution in [0, 0.1) is 0 Å². The molecule has 7 rings (SSSR count). The zero-order valence-corrected chi connectivity index (χ0v) is 44.1. The highest BCUT2D eigenvalue weighted by Crippen LogP contribution is 2.79. The summed E-state index contributed by atoms with van der Waals surface area (Å²) in [5.74, 6) is 3.67. The molecule has 0 bridgehead atoms. The van der Waals surface area contributed by atoms with Crippen LogP contribution in [0.1, 0.15) is 0 Å². The summed E-state index contributed by atoms with van der Waals surface area (Å²) < 4.78 is 107. The summed E-state index contributed by atoms with van der Waals surface area (Å²) in [4.78, 5) is 14.2. The van der Waals surface area contributed by atoms with Crippen LogP contribution in [0.3, 0.4) is 0 Å². The Morgan fingerprint density at radius 2 is 0.597 bits per heavy atom. The van der Waals surface area contributed by atoms with Crippen LogP contribution in [-0.2, 0) is 0 Å². The van der Waals surface area contributed by atoms with E-state index in [1.807, 2.05) is 0 Å². The van der Waals surface area contributed by atoms with Crippen LogP contribution < -0.4 is 84.6 Å². The highest BCUT2D eigenvalue weighted by Gasteiger charge is 2.59. The maximum absolute atomic E-state index is 7.30. The summed E-state index contributed by atoms with van der Waals surface area (Å²) in [7, 11) is 7.63. The van der Waals surface area contributed by atoms with Gasteiger partial charge in [0.1, 0.15) is 0 Å². The lowest BCUT2D eigenvalue weighted by molar-refractivity contribution is 0.0501. The largest absolute Gasteiger partial charge is 0.493 e. The molecule has 0 N–H and O–H groups in total. The monoisotopic (exact) mass is 1050 g/mol. The van der Waals surface area contributed by atoms with Crippen molar-refractivity contribution < 1.29 is 84.6 Å². The van der Waals surface area contributed by atoms with Gasteiger partial charge in [-0.1, -0.05) is 36.4 Å². The summed E-state index contributed by atoms with van der Waals surface area (Å²) in [5.41, 5.74) is 0. The molecule has 21 nitrogen and oxygen atoms in total. The Morgan fingerprint density at radius 3 is 0.944 bits per heavy atom. The van der Waals surface area contributed by atoms with Crippen LogP contribution in [0.5, 0.6) is 103 Å². The summed E-state index contributed by atoms with van der Waals surface area (Å²) >= 11 is 0. The standard InChI is InChI=1S/C48H54N3O18P3/c1-52-31-19-13-25-37(43(31)58-7)64-50-70(66-39-27-15-21-33(54-3)45(39)60-9)49-72(68-41-29-17-23-35(56-5)47(41)62-11,69-42-30-18-24-36(57-6)48(42)63-12)51(65-38-26-14-20-32(53-2)44(38)59-8)71(50)67-40-28-16-22-34(55-4)46(40)61-10/h13-30H,1-12H3. The number of methoxy groups -OCH3 is 12. The van der Waals surface area contributed by atoms with E-state index in [0.29, 0.717) is 34.5 Å². The maximum atomic E-state index is 7.30. The van der Waals surface area contributed by atoms with Crippen LogP contribution in [0.15, 0.2) is 114 Å². The van der Waals surface area contributed by atoms with Gasteiger partial charge in [-0.05, 0) is 72.8 Å². The van der Waals surface area contributed by atoms with Gasteiger partial charge in [0.25, 0.3) is 0 Å². The third-order valence-electron chi connectivity index (χ3n) is 10.2. The van der Waals surface area contributed by atoms with E-state index >= 15 is 0 Å². The molecule has 1 heterocycles. The molecule has 6 aromatic rings. The number of hydrogen-bond donors (Lipinski definition) is 0. The van der Waals surface area contributed by atoms with Crippen LogP contribution in [0.2, 0.25) is 0 Å². The molecule has 0 radical (unpaired) electrons. The predicted octanol–water partition coefficient (Wildman–Crippen LogP) is 11.4. The van der Waals surface area contributed by atoms with Gasteiger partial charge in [0.15, 0.2) is 69.0 Å². The molecule has 0 amide bonds. The lowest BCUT2D eigenvalue weighted by Gasteiger charge is -2.44. The Hall–Kier alpha value is -7.27. The van der Waals surface area contributed by atoms with Crippen molar-refractivity contribution in [3.63, 3.8) is 0 Å². The second-order valence-electron chi connectivity index (χ2n) is 14.1. The summed E-state index contributed by atoms with van der Waals surface area (Å²) in [6, 6.07) is 30.4. The van der Waals surface area contributed by atoms with Gasteiger partial charge in [0.2, 0.25) is 34.5 Å². The van der Waals surface area contributed by atoms with Crippen molar-refractivity contribution in [3.05, 3.63) is 109 Å². The fourth-order valence-corrected chi connectivity index (χ4v) is 14.5. The smallest absolute Gasteiger partial charge is 0.447 e. The first kappa shape index (κ1) is 52.6. The van der Waals surface area contributed by atoms with Crippen molar-refractivity contribution >= 4 is 24.6 Å². The molecule has 1 aliphatic rings. The van der Waals surface area contributed by atoms with E-state index in [0.717, 1.165) is 0 Å². The molecule has 0 aliphatic carbocycles. The van der Waals surface area contributed by atoms with Gasteiger partial charge in [-0.2, -0.15) is 0 Å². The average Bonchev–Trinajstić information content (AvgIpc) is 3.41. The predicted molar refractivity (Wildman–Crippen MR) is 268 cm³/mol. The van der Waals surface area contributed by atoms with Crippen molar-refractivity contribution in [2.75, 3.05) is 85.3 Å². The molecule has 24 heteroatoms. The van der Waals surface area contributed by atoms with Crippen molar-refractivity contribution in [2.24, 2.45) is 4.52 Å². The number of benzene rings is 6. The molecule has 0 saturated heterocycles. The molecule has 384 valence electrons. The Balaban J connectivity index is 1.67. The number of nitrogens with zero attached hydrogens (tertiary/aromatic N) is 3. The molecule has 0 fully saturated rings. The van der Waals surface area contributed by atoms with Gasteiger partial charge in [-0.15, -0.1) is 4.52 Å². The van der Waals surface area contributed by atoms with Gasteiger partial charge in [0, 0.05) is 9.21 Å². The lowest BCUT2D eigenvalue weighted by Crippen LogP contribution is -2.37. The quantitative estimate of drug-likeness (QED) is 0.0521. The summed E-state index contributed by atoms with van der Waals surface area (Å²) in [5, 5.41) is 0. The van der Waals surface area contributed by atoms with E-state index in [1.165, 1.54) is 94.5 Å². The number of ether oxygens (including phenoxy) is 12. The van der Waals surface area contributed by atoms with Gasteiger partial charge in [-0.25, -0.2) is 0 Å². The molecule has 72 heavy (non-hydrogen) atoms. The van der Waals surface area contributed by atoms with E-state index in [9.17, 15) is 0 Å². The van der Waals surface area contributed by atoms with Crippen LogP contribution in [0.25, 0.3) is 0 Å². The summed E-state index contributed by atoms with van der Waals surface area (Å²) in [6.07, 6.45) is 0. The molecule has 1 aliphatic heterocycles. The molecule has 2 unspecified atom stereocenters. The van der Waals surface area contributed by atoms with Crippen LogP contribution in [-0.4, -0.2) is 94.5 Å². The Labute approximate surface area is 419 Å². The van der Waals surface area contributed by atoms with Crippen molar-refractivity contribution in [1.82, 2.24) is 9.21 Å². The maximum Gasteiger partial charge on any atom is 0.447 e. The van der Waals surface area contributed by atoms with Gasteiger partial charge in [-0.3, -0.25) is 0 Å². The van der Waals surface area contributed by atoms with E-state index in [4.69, 9.17) is 89.1 Å². The van der Waals surface area contributed by atoms with Crippen molar-refractivity contribution in [1.29, 1.82) is 0 Å². The second-order valence-corrected chi connectivity index (χ2v) is 19.6. The zero-order chi connectivity index (χ0) is 51.4. The van der Waals surface area contributed by atoms with E-state index in [2.05, 4.69) is 0 Å². The summed E-state index contributed by atoms with van der Waals surface area (Å²) in [6.45, 7) is 0. The topological polar surface area (TPSA) is 185 Å². The van der Waals surface area contributed by atoms with E-state index in [-0.39, 0.29) is 69.0 Å². The van der Waals surface area contributed by atoms with Gasteiger partial charge < -0.3 is 84.6 Å². The minimum atomic E-state index is -4.60. The lowest BCUT2D eigenvalue weighted by atomic mass is 10.3. The molecule has 6 aromatic carbocycles. The molecule has 2 atom stereocenters. The normalized spacial score (nSPS) is 15.1. The first-order chi connectivity index (χ1) is 35.1. The number of para-hydroxylation sites is 6. The Kier molecular flexibility index (Phi) is 17.7. The van der Waals surface area contributed by atoms with Crippen LogP contribution in [0.4, 0.5) is 0 Å². The van der Waals surface area contributed by atoms with E-state index in [1.54, 1.807) is 109 Å². The SMILES string of the molecule is COc1cccc(ON2P(Oc3cccc(OC)c3OC)N=P(Oc3cccc(OC)c3OC)(Oc3cccc(OC)c3OC)N(Oc3cccc(OC)c3OC)P2Oc2cccc(OC)c2OC)c1OC. The molecule has 0 aromatic heterocycles. The van der Waals surface area contributed by atoms with Gasteiger partial charge in [0.05, 0.1) is 85.3 Å². The van der Waals surface area contributed by atoms with Crippen molar-refractivity contribution in [3.8, 4) is 103 Å². The van der Waals surface area contributed by atoms with Crippen molar-refractivity contribution in [2.45, 2.75) is 0 Å². The number of rotatable bonds is 24. The molecular formula is C48H54N3O18P3. The average molecular weight is 1050 g/mol. The minimum absolute atomic E-state index is 0.0769. The molecule has 0 spiro atoms. The van der Waals surface area contributed by atoms with Crippen LogP contribution >= 0.6 is 24.6 Å². The fraction of sp³-hybridized carbons (Fsp3) is 0.250. The third-order valence-corrected chi connectivity index (χ3v) is 17.0. The highest BCUT2D eigenvalue weighted by molar-refractivity contribution is 7.78. The number of hydrogen-bond acceptors (Lipinski definition) is 21. The molecule has 0 saturated carbocycles. The fourth-order valence-electron chi connectivity index (χ4n) is 6.98. The highest BCUT2D eigenvalue weighted by atomic mass is 31.3. The first-order valence-corrected chi connectivity index (χ1v) is 25.2. The first-order valence-electron chi connectivity index (χ1n) is 21.3. The van der Waals surface area contributed by atoms with E-state index < -0.39 is 24.6 Å².